The Kier molecular flexibility index (Phi) is 5.71. The molecule has 0 radical (unpaired) electrons. The number of amides is 2. The minimum Gasteiger partial charge on any atom is -0.349 e. The number of benzene rings is 2. The van der Waals surface area contributed by atoms with Crippen LogP contribution in [-0.2, 0) is 4.79 Å². The molecule has 0 unspecified atom stereocenters. The normalized spacial score (nSPS) is 13.3. The lowest BCUT2D eigenvalue weighted by atomic mass is 10.2. The molecule has 0 bridgehead atoms. The minimum atomic E-state index is -0.271. The quantitative estimate of drug-likeness (QED) is 0.740. The number of thioether (sulfide) groups is 1. The maximum atomic E-state index is 12.8. The van der Waals surface area contributed by atoms with Crippen LogP contribution in [0.2, 0.25) is 0 Å². The summed E-state index contributed by atoms with van der Waals surface area (Å²) in [6, 6.07) is 13.4. The SMILES string of the molecule is O=C(CCSc1ccc(F)cc1)Nc1cccc(C(=O)NC2CC2)c1. The molecule has 0 aromatic heterocycles. The monoisotopic (exact) mass is 358 g/mol. The summed E-state index contributed by atoms with van der Waals surface area (Å²) in [5.41, 5.74) is 1.16. The first-order valence-corrected chi connectivity index (χ1v) is 9.18. The Morgan fingerprint density at radius 1 is 1.12 bits per heavy atom. The van der Waals surface area contributed by atoms with Gasteiger partial charge in [0.05, 0.1) is 0 Å². The molecule has 25 heavy (non-hydrogen) atoms. The number of carbonyl (C=O) groups is 2. The van der Waals surface area contributed by atoms with Crippen LogP contribution in [0.25, 0.3) is 0 Å². The van der Waals surface area contributed by atoms with Crippen molar-refractivity contribution in [2.45, 2.75) is 30.2 Å². The van der Waals surface area contributed by atoms with Gasteiger partial charge in [0.2, 0.25) is 5.91 Å². The first kappa shape index (κ1) is 17.5. The van der Waals surface area contributed by atoms with Crippen molar-refractivity contribution in [3.05, 3.63) is 59.9 Å². The number of halogens is 1. The highest BCUT2D eigenvalue weighted by Crippen LogP contribution is 2.21. The number of carbonyl (C=O) groups excluding carboxylic acids is 2. The lowest BCUT2D eigenvalue weighted by Gasteiger charge is -2.08. The Balaban J connectivity index is 1.47. The van der Waals surface area contributed by atoms with E-state index in [9.17, 15) is 14.0 Å². The van der Waals surface area contributed by atoms with Gasteiger partial charge in [-0.25, -0.2) is 4.39 Å². The van der Waals surface area contributed by atoms with Gasteiger partial charge in [0, 0.05) is 34.4 Å². The van der Waals surface area contributed by atoms with Crippen LogP contribution >= 0.6 is 11.8 Å². The zero-order valence-electron chi connectivity index (χ0n) is 13.6. The van der Waals surface area contributed by atoms with E-state index < -0.39 is 0 Å². The highest BCUT2D eigenvalue weighted by molar-refractivity contribution is 7.99. The second-order valence-corrected chi connectivity index (χ2v) is 7.10. The van der Waals surface area contributed by atoms with Crippen molar-refractivity contribution in [3.8, 4) is 0 Å². The molecule has 0 spiro atoms. The van der Waals surface area contributed by atoms with E-state index >= 15 is 0 Å². The molecule has 1 aliphatic rings. The van der Waals surface area contributed by atoms with Crippen LogP contribution in [-0.4, -0.2) is 23.6 Å². The maximum absolute atomic E-state index is 12.8. The Morgan fingerprint density at radius 3 is 2.60 bits per heavy atom. The largest absolute Gasteiger partial charge is 0.349 e. The third-order valence-corrected chi connectivity index (χ3v) is 4.75. The van der Waals surface area contributed by atoms with E-state index in [2.05, 4.69) is 10.6 Å². The number of hydrogen-bond acceptors (Lipinski definition) is 3. The molecular formula is C19H19FN2O2S. The van der Waals surface area contributed by atoms with Gasteiger partial charge in [0.25, 0.3) is 5.91 Å². The molecule has 4 nitrogen and oxygen atoms in total. The zero-order valence-corrected chi connectivity index (χ0v) is 14.4. The molecule has 0 saturated heterocycles. The first-order valence-electron chi connectivity index (χ1n) is 8.19. The van der Waals surface area contributed by atoms with Gasteiger partial charge in [-0.05, 0) is 55.3 Å². The van der Waals surface area contributed by atoms with E-state index in [0.29, 0.717) is 29.5 Å². The van der Waals surface area contributed by atoms with E-state index in [1.54, 1.807) is 36.4 Å². The standard InChI is InChI=1S/C19H19FN2O2S/c20-14-4-8-17(9-5-14)25-11-10-18(23)21-16-3-1-2-13(12-16)19(24)22-15-6-7-15/h1-5,8-9,12,15H,6-7,10-11H2,(H,21,23)(H,22,24). The Labute approximate surface area is 150 Å². The predicted molar refractivity (Wildman–Crippen MR) is 97.3 cm³/mol. The van der Waals surface area contributed by atoms with Gasteiger partial charge in [0.1, 0.15) is 5.82 Å². The highest BCUT2D eigenvalue weighted by Gasteiger charge is 2.23. The van der Waals surface area contributed by atoms with Gasteiger partial charge in [0.15, 0.2) is 0 Å². The molecule has 2 aromatic rings. The molecule has 0 heterocycles. The summed E-state index contributed by atoms with van der Waals surface area (Å²) in [5, 5.41) is 5.73. The van der Waals surface area contributed by atoms with Crippen LogP contribution in [0.4, 0.5) is 10.1 Å². The van der Waals surface area contributed by atoms with Crippen LogP contribution < -0.4 is 10.6 Å². The third kappa shape index (κ3) is 5.60. The van der Waals surface area contributed by atoms with Crippen molar-refractivity contribution in [1.29, 1.82) is 0 Å². The van der Waals surface area contributed by atoms with Crippen molar-refractivity contribution in [3.63, 3.8) is 0 Å². The van der Waals surface area contributed by atoms with Crippen molar-refractivity contribution in [2.24, 2.45) is 0 Å². The molecule has 0 aliphatic heterocycles. The van der Waals surface area contributed by atoms with Gasteiger partial charge < -0.3 is 10.6 Å². The smallest absolute Gasteiger partial charge is 0.251 e. The summed E-state index contributed by atoms with van der Waals surface area (Å²) < 4.78 is 12.8. The fourth-order valence-electron chi connectivity index (χ4n) is 2.25. The average Bonchev–Trinajstić information content (AvgIpc) is 3.41. The second kappa shape index (κ2) is 8.16. The third-order valence-electron chi connectivity index (χ3n) is 3.73. The minimum absolute atomic E-state index is 0.106. The van der Waals surface area contributed by atoms with Crippen LogP contribution in [0.5, 0.6) is 0 Å². The fraction of sp³-hybridized carbons (Fsp3) is 0.263. The van der Waals surface area contributed by atoms with E-state index in [1.165, 1.54) is 23.9 Å². The fourth-order valence-corrected chi connectivity index (χ4v) is 3.10. The van der Waals surface area contributed by atoms with Crippen LogP contribution in [0, 0.1) is 5.82 Å². The molecule has 3 rings (SSSR count). The number of anilines is 1. The van der Waals surface area contributed by atoms with Gasteiger partial charge in [-0.15, -0.1) is 11.8 Å². The van der Waals surface area contributed by atoms with Crippen molar-refractivity contribution in [2.75, 3.05) is 11.1 Å². The molecule has 2 N–H and O–H groups in total. The lowest BCUT2D eigenvalue weighted by molar-refractivity contribution is -0.115. The molecule has 0 atom stereocenters. The maximum Gasteiger partial charge on any atom is 0.251 e. The van der Waals surface area contributed by atoms with Crippen LogP contribution in [0.15, 0.2) is 53.4 Å². The number of rotatable bonds is 7. The predicted octanol–water partition coefficient (Wildman–Crippen LogP) is 3.84. The summed E-state index contributed by atoms with van der Waals surface area (Å²) in [5.74, 6) is 0.104. The second-order valence-electron chi connectivity index (χ2n) is 5.93. The Morgan fingerprint density at radius 2 is 1.88 bits per heavy atom. The number of hydrogen-bond donors (Lipinski definition) is 2. The molecule has 1 aliphatic carbocycles. The summed E-state index contributed by atoms with van der Waals surface area (Å²) in [6.45, 7) is 0. The van der Waals surface area contributed by atoms with Crippen LogP contribution in [0.1, 0.15) is 29.6 Å². The van der Waals surface area contributed by atoms with E-state index in [4.69, 9.17) is 0 Å². The van der Waals surface area contributed by atoms with Gasteiger partial charge in [-0.1, -0.05) is 6.07 Å². The van der Waals surface area contributed by atoms with Crippen molar-refractivity contribution in [1.82, 2.24) is 5.32 Å². The Bertz CT molecular complexity index is 760. The molecule has 2 amide bonds. The molecule has 6 heteroatoms. The van der Waals surface area contributed by atoms with Crippen molar-refractivity contribution >= 4 is 29.3 Å². The molecule has 130 valence electrons. The van der Waals surface area contributed by atoms with Gasteiger partial charge in [-0.3, -0.25) is 9.59 Å². The topological polar surface area (TPSA) is 58.2 Å². The Hall–Kier alpha value is -2.34. The lowest BCUT2D eigenvalue weighted by Crippen LogP contribution is -2.25. The molecule has 1 saturated carbocycles. The summed E-state index contributed by atoms with van der Waals surface area (Å²) in [4.78, 5) is 25.0. The molecule has 1 fully saturated rings. The van der Waals surface area contributed by atoms with E-state index in [1.807, 2.05) is 0 Å². The highest BCUT2D eigenvalue weighted by atomic mass is 32.2. The van der Waals surface area contributed by atoms with E-state index in [-0.39, 0.29) is 17.6 Å². The van der Waals surface area contributed by atoms with Gasteiger partial charge >= 0.3 is 0 Å². The number of nitrogens with one attached hydrogen (secondary N) is 2. The first-order chi connectivity index (χ1) is 12.1. The van der Waals surface area contributed by atoms with Crippen molar-refractivity contribution < 1.29 is 14.0 Å². The molecular weight excluding hydrogens is 339 g/mol. The average molecular weight is 358 g/mol. The molecule has 2 aromatic carbocycles. The van der Waals surface area contributed by atoms with E-state index in [0.717, 1.165) is 17.7 Å². The zero-order chi connectivity index (χ0) is 17.6. The summed E-state index contributed by atoms with van der Waals surface area (Å²) in [7, 11) is 0. The van der Waals surface area contributed by atoms with Crippen LogP contribution in [0.3, 0.4) is 0 Å². The van der Waals surface area contributed by atoms with Gasteiger partial charge in [-0.2, -0.15) is 0 Å². The summed E-state index contributed by atoms with van der Waals surface area (Å²) in [6.07, 6.45) is 2.41. The summed E-state index contributed by atoms with van der Waals surface area (Å²) >= 11 is 1.50.